The van der Waals surface area contributed by atoms with Gasteiger partial charge in [0.15, 0.2) is 0 Å². The minimum absolute atomic E-state index is 0.124. The van der Waals surface area contributed by atoms with Gasteiger partial charge in [0, 0.05) is 6.04 Å². The molecule has 2 unspecified atom stereocenters. The van der Waals surface area contributed by atoms with Crippen LogP contribution in [0.25, 0.3) is 0 Å². The van der Waals surface area contributed by atoms with E-state index in [2.05, 4.69) is 5.32 Å². The van der Waals surface area contributed by atoms with Crippen molar-refractivity contribution in [2.75, 3.05) is 0 Å². The molecule has 122 valence electrons. The number of aromatic hydroxyl groups is 1. The van der Waals surface area contributed by atoms with Gasteiger partial charge < -0.3 is 15.5 Å². The van der Waals surface area contributed by atoms with Crippen LogP contribution in [0.5, 0.6) is 5.75 Å². The van der Waals surface area contributed by atoms with Crippen LogP contribution in [0.1, 0.15) is 36.1 Å². The Kier molecular flexibility index (Phi) is 5.77. The summed E-state index contributed by atoms with van der Waals surface area (Å²) in [5, 5.41) is 22.7. The summed E-state index contributed by atoms with van der Waals surface area (Å²) in [4.78, 5) is 12.1. The SMILES string of the molecule is Cc1ccc(CC(=O)NC(C)CC(O)c2ccccc2)cc1O. The molecule has 0 aromatic heterocycles. The zero-order chi connectivity index (χ0) is 16.8. The second-order valence-electron chi connectivity index (χ2n) is 5.93. The van der Waals surface area contributed by atoms with E-state index in [0.29, 0.717) is 6.42 Å². The van der Waals surface area contributed by atoms with Crippen molar-refractivity contribution >= 4 is 5.91 Å². The molecule has 0 saturated heterocycles. The number of aliphatic hydroxyl groups is 1. The number of aliphatic hydroxyl groups excluding tert-OH is 1. The quantitative estimate of drug-likeness (QED) is 0.768. The fourth-order valence-electron chi connectivity index (χ4n) is 2.48. The van der Waals surface area contributed by atoms with Crippen molar-refractivity contribution in [2.24, 2.45) is 0 Å². The summed E-state index contributed by atoms with van der Waals surface area (Å²) in [7, 11) is 0. The number of amides is 1. The average molecular weight is 313 g/mol. The monoisotopic (exact) mass is 313 g/mol. The molecule has 0 aliphatic heterocycles. The van der Waals surface area contributed by atoms with E-state index in [9.17, 15) is 15.0 Å². The largest absolute Gasteiger partial charge is 0.508 e. The Morgan fingerprint density at radius 1 is 1.17 bits per heavy atom. The van der Waals surface area contributed by atoms with Gasteiger partial charge in [0.1, 0.15) is 5.75 Å². The molecule has 2 atom stereocenters. The van der Waals surface area contributed by atoms with E-state index in [1.54, 1.807) is 12.1 Å². The molecule has 4 nitrogen and oxygen atoms in total. The van der Waals surface area contributed by atoms with Crippen molar-refractivity contribution in [3.63, 3.8) is 0 Å². The topological polar surface area (TPSA) is 69.6 Å². The number of phenols is 1. The zero-order valence-corrected chi connectivity index (χ0v) is 13.5. The number of benzene rings is 2. The van der Waals surface area contributed by atoms with Gasteiger partial charge in [-0.2, -0.15) is 0 Å². The van der Waals surface area contributed by atoms with Crippen LogP contribution in [0.4, 0.5) is 0 Å². The predicted octanol–water partition coefficient (Wildman–Crippen LogP) is 2.87. The van der Waals surface area contributed by atoms with Gasteiger partial charge in [-0.1, -0.05) is 42.5 Å². The molecule has 4 heteroatoms. The van der Waals surface area contributed by atoms with E-state index >= 15 is 0 Å². The lowest BCUT2D eigenvalue weighted by atomic mass is 10.0. The van der Waals surface area contributed by atoms with Crippen LogP contribution in [0.2, 0.25) is 0 Å². The second-order valence-corrected chi connectivity index (χ2v) is 5.93. The molecule has 1 amide bonds. The highest BCUT2D eigenvalue weighted by Crippen LogP contribution is 2.19. The lowest BCUT2D eigenvalue weighted by molar-refractivity contribution is -0.121. The number of carbonyl (C=O) groups is 1. The molecule has 0 fully saturated rings. The highest BCUT2D eigenvalue weighted by molar-refractivity contribution is 5.79. The van der Waals surface area contributed by atoms with E-state index in [4.69, 9.17) is 0 Å². The molecule has 2 aromatic carbocycles. The summed E-state index contributed by atoms with van der Waals surface area (Å²) in [6, 6.07) is 14.5. The Morgan fingerprint density at radius 2 is 1.87 bits per heavy atom. The van der Waals surface area contributed by atoms with Gasteiger partial charge in [-0.05, 0) is 43.0 Å². The van der Waals surface area contributed by atoms with Crippen LogP contribution in [-0.4, -0.2) is 22.2 Å². The van der Waals surface area contributed by atoms with E-state index in [0.717, 1.165) is 16.7 Å². The normalized spacial score (nSPS) is 13.3. The third kappa shape index (κ3) is 5.11. The zero-order valence-electron chi connectivity index (χ0n) is 13.5. The Balaban J connectivity index is 1.85. The summed E-state index contributed by atoms with van der Waals surface area (Å²) >= 11 is 0. The van der Waals surface area contributed by atoms with E-state index in [1.807, 2.05) is 50.2 Å². The molecule has 3 N–H and O–H groups in total. The summed E-state index contributed by atoms with van der Waals surface area (Å²) in [5.41, 5.74) is 2.40. The summed E-state index contributed by atoms with van der Waals surface area (Å²) < 4.78 is 0. The molecule has 2 rings (SSSR count). The lowest BCUT2D eigenvalue weighted by Crippen LogP contribution is -2.34. The van der Waals surface area contributed by atoms with Crippen molar-refractivity contribution in [1.82, 2.24) is 5.32 Å². The first kappa shape index (κ1) is 17.0. The first-order valence-electron chi connectivity index (χ1n) is 7.76. The summed E-state index contributed by atoms with van der Waals surface area (Å²) in [5.74, 6) is 0.0730. The Morgan fingerprint density at radius 3 is 2.52 bits per heavy atom. The van der Waals surface area contributed by atoms with E-state index < -0.39 is 6.10 Å². The van der Waals surface area contributed by atoms with E-state index in [-0.39, 0.29) is 24.1 Å². The Bertz CT molecular complexity index is 655. The van der Waals surface area contributed by atoms with Gasteiger partial charge in [-0.15, -0.1) is 0 Å². The Labute approximate surface area is 136 Å². The third-order valence-electron chi connectivity index (χ3n) is 3.81. The van der Waals surface area contributed by atoms with Crippen molar-refractivity contribution in [1.29, 1.82) is 0 Å². The smallest absolute Gasteiger partial charge is 0.224 e. The molecular formula is C19H23NO3. The maximum absolute atomic E-state index is 12.1. The van der Waals surface area contributed by atoms with Crippen LogP contribution in [0.15, 0.2) is 48.5 Å². The van der Waals surface area contributed by atoms with Gasteiger partial charge in [-0.3, -0.25) is 4.79 Å². The highest BCUT2D eigenvalue weighted by Gasteiger charge is 2.14. The molecule has 0 heterocycles. The standard InChI is InChI=1S/C19H23NO3/c1-13-8-9-15(11-17(13)21)12-19(23)20-14(2)10-18(22)16-6-4-3-5-7-16/h3-9,11,14,18,21-22H,10,12H2,1-2H3,(H,20,23). The molecular weight excluding hydrogens is 290 g/mol. The number of hydrogen-bond donors (Lipinski definition) is 3. The van der Waals surface area contributed by atoms with Crippen LogP contribution in [-0.2, 0) is 11.2 Å². The maximum atomic E-state index is 12.1. The molecule has 0 radical (unpaired) electrons. The van der Waals surface area contributed by atoms with Gasteiger partial charge in [0.05, 0.1) is 12.5 Å². The van der Waals surface area contributed by atoms with Crippen molar-refractivity contribution in [3.8, 4) is 5.75 Å². The molecule has 0 aliphatic rings. The molecule has 2 aromatic rings. The van der Waals surface area contributed by atoms with Gasteiger partial charge in [-0.25, -0.2) is 0 Å². The minimum Gasteiger partial charge on any atom is -0.508 e. The number of hydrogen-bond acceptors (Lipinski definition) is 3. The number of rotatable bonds is 6. The summed E-state index contributed by atoms with van der Waals surface area (Å²) in [6.45, 7) is 3.68. The number of nitrogens with one attached hydrogen (secondary N) is 1. The van der Waals surface area contributed by atoms with E-state index in [1.165, 1.54) is 0 Å². The molecule has 0 spiro atoms. The van der Waals surface area contributed by atoms with Crippen LogP contribution in [0.3, 0.4) is 0 Å². The fraction of sp³-hybridized carbons (Fsp3) is 0.316. The van der Waals surface area contributed by atoms with Crippen LogP contribution >= 0.6 is 0 Å². The summed E-state index contributed by atoms with van der Waals surface area (Å²) in [6.07, 6.45) is 0.0593. The first-order valence-corrected chi connectivity index (χ1v) is 7.76. The molecule has 0 aliphatic carbocycles. The number of carbonyl (C=O) groups excluding carboxylic acids is 1. The van der Waals surface area contributed by atoms with Gasteiger partial charge in [0.25, 0.3) is 0 Å². The number of phenolic OH excluding ortho intramolecular Hbond substituents is 1. The lowest BCUT2D eigenvalue weighted by Gasteiger charge is -2.18. The number of aryl methyl sites for hydroxylation is 1. The minimum atomic E-state index is -0.602. The molecule has 0 saturated carbocycles. The van der Waals surface area contributed by atoms with Crippen molar-refractivity contribution in [3.05, 3.63) is 65.2 Å². The van der Waals surface area contributed by atoms with Crippen molar-refractivity contribution < 1.29 is 15.0 Å². The second kappa shape index (κ2) is 7.79. The van der Waals surface area contributed by atoms with Gasteiger partial charge >= 0.3 is 0 Å². The van der Waals surface area contributed by atoms with Crippen LogP contribution < -0.4 is 5.32 Å². The van der Waals surface area contributed by atoms with Gasteiger partial charge in [0.2, 0.25) is 5.91 Å². The van der Waals surface area contributed by atoms with Crippen molar-refractivity contribution in [2.45, 2.75) is 38.8 Å². The highest BCUT2D eigenvalue weighted by atomic mass is 16.3. The van der Waals surface area contributed by atoms with Crippen LogP contribution in [0, 0.1) is 6.92 Å². The maximum Gasteiger partial charge on any atom is 0.224 e. The third-order valence-corrected chi connectivity index (χ3v) is 3.81. The molecule has 23 heavy (non-hydrogen) atoms. The molecule has 0 bridgehead atoms. The predicted molar refractivity (Wildman–Crippen MR) is 90.2 cm³/mol. The Hall–Kier alpha value is -2.33. The fourth-order valence-corrected chi connectivity index (χ4v) is 2.48. The first-order chi connectivity index (χ1) is 11.0. The average Bonchev–Trinajstić information content (AvgIpc) is 2.51.